The van der Waals surface area contributed by atoms with E-state index >= 15 is 0 Å². The lowest BCUT2D eigenvalue weighted by molar-refractivity contribution is -0.120. The zero-order chi connectivity index (χ0) is 25.6. The van der Waals surface area contributed by atoms with E-state index in [0.29, 0.717) is 16.8 Å². The molecule has 2 aromatic rings. The topological polar surface area (TPSA) is 99.3 Å². The van der Waals surface area contributed by atoms with Crippen LogP contribution in [0.2, 0.25) is 0 Å². The second-order valence-corrected chi connectivity index (χ2v) is 11.0. The van der Waals surface area contributed by atoms with E-state index < -0.39 is 11.8 Å². The lowest BCUT2D eigenvalue weighted by Crippen LogP contribution is -2.48. The molecule has 0 bridgehead atoms. The highest BCUT2D eigenvalue weighted by molar-refractivity contribution is 9.10. The summed E-state index contributed by atoms with van der Waals surface area (Å²) in [7, 11) is 0. The molecule has 1 aliphatic carbocycles. The van der Waals surface area contributed by atoms with Gasteiger partial charge < -0.3 is 5.32 Å². The number of halogens is 1. The molecule has 1 fully saturated rings. The van der Waals surface area contributed by atoms with Gasteiger partial charge in [0.05, 0.1) is 0 Å². The number of benzene rings is 2. The summed E-state index contributed by atoms with van der Waals surface area (Å²) in [5.41, 5.74) is 7.49. The molecule has 9 heteroatoms. The van der Waals surface area contributed by atoms with E-state index in [1.807, 2.05) is 6.07 Å². The molecular formula is C26H31BrN4O3S. The zero-order valence-electron chi connectivity index (χ0n) is 20.2. The normalized spacial score (nSPS) is 14.1. The number of hydrogen-bond donors (Lipinski definition) is 4. The Balaban J connectivity index is 1.48. The van der Waals surface area contributed by atoms with Gasteiger partial charge in [0.15, 0.2) is 5.11 Å². The van der Waals surface area contributed by atoms with Crippen molar-refractivity contribution >= 4 is 56.7 Å². The van der Waals surface area contributed by atoms with E-state index in [9.17, 15) is 14.4 Å². The van der Waals surface area contributed by atoms with Crippen molar-refractivity contribution in [2.75, 3.05) is 5.32 Å². The minimum atomic E-state index is -0.427. The number of nitrogens with one attached hydrogen (secondary N) is 4. The average molecular weight is 560 g/mol. The highest BCUT2D eigenvalue weighted by atomic mass is 79.9. The van der Waals surface area contributed by atoms with Gasteiger partial charge in [0.2, 0.25) is 5.91 Å². The van der Waals surface area contributed by atoms with Gasteiger partial charge in [-0.3, -0.25) is 30.6 Å². The summed E-state index contributed by atoms with van der Waals surface area (Å²) in [6.45, 7) is 6.28. The van der Waals surface area contributed by atoms with Crippen LogP contribution in [0.25, 0.3) is 0 Å². The third-order valence-electron chi connectivity index (χ3n) is 5.95. The van der Waals surface area contributed by atoms with Crippen LogP contribution in [0.3, 0.4) is 0 Å². The Kier molecular flexibility index (Phi) is 9.02. The number of carbonyl (C=O) groups excluding carboxylic acids is 3. The Labute approximate surface area is 219 Å². The molecule has 0 atom stereocenters. The van der Waals surface area contributed by atoms with Crippen molar-refractivity contribution in [1.82, 2.24) is 16.2 Å². The summed E-state index contributed by atoms with van der Waals surface area (Å²) in [5.74, 6) is -0.727. The predicted molar refractivity (Wildman–Crippen MR) is 145 cm³/mol. The minimum absolute atomic E-state index is 0.0317. The van der Waals surface area contributed by atoms with Gasteiger partial charge in [-0.15, -0.1) is 0 Å². The molecule has 2 aromatic carbocycles. The van der Waals surface area contributed by atoms with Crippen molar-refractivity contribution in [3.05, 3.63) is 63.6 Å². The third kappa shape index (κ3) is 7.60. The first-order valence-electron chi connectivity index (χ1n) is 11.7. The van der Waals surface area contributed by atoms with Crippen LogP contribution in [-0.4, -0.2) is 22.8 Å². The molecule has 0 unspecified atom stereocenters. The van der Waals surface area contributed by atoms with Crippen LogP contribution < -0.4 is 21.5 Å². The Morgan fingerprint density at radius 2 is 1.51 bits per heavy atom. The fraction of sp³-hybridized carbons (Fsp3) is 0.385. The molecule has 0 spiro atoms. The molecule has 3 amide bonds. The number of hydrogen-bond acceptors (Lipinski definition) is 4. The summed E-state index contributed by atoms with van der Waals surface area (Å²) in [6.07, 6.45) is 5.22. The van der Waals surface area contributed by atoms with Gasteiger partial charge in [-0.2, -0.15) is 0 Å². The first-order chi connectivity index (χ1) is 16.5. The maximum Gasteiger partial charge on any atom is 0.269 e. The lowest BCUT2D eigenvalue weighted by atomic mass is 9.86. The van der Waals surface area contributed by atoms with Gasteiger partial charge in [0.1, 0.15) is 0 Å². The summed E-state index contributed by atoms with van der Waals surface area (Å²) in [4.78, 5) is 37.3. The van der Waals surface area contributed by atoms with Crippen LogP contribution in [-0.2, 0) is 10.2 Å². The maximum atomic E-state index is 12.5. The smallest absolute Gasteiger partial charge is 0.269 e. The quantitative estimate of drug-likeness (QED) is 0.304. The SMILES string of the molecule is CC(C)(C)c1ccc(C(=O)NC(=S)NNC(=O)c2ccc(NC(=O)C3CCCCC3)cc2)cc1Br. The molecular weight excluding hydrogens is 528 g/mol. The molecule has 7 nitrogen and oxygen atoms in total. The van der Waals surface area contributed by atoms with Crippen molar-refractivity contribution in [2.24, 2.45) is 5.92 Å². The number of thiocarbonyl (C=S) groups is 1. The molecule has 35 heavy (non-hydrogen) atoms. The fourth-order valence-corrected chi connectivity index (χ4v) is 5.09. The summed E-state index contributed by atoms with van der Waals surface area (Å²) >= 11 is 8.65. The van der Waals surface area contributed by atoms with Crippen molar-refractivity contribution in [3.63, 3.8) is 0 Å². The van der Waals surface area contributed by atoms with E-state index in [4.69, 9.17) is 12.2 Å². The molecule has 0 aromatic heterocycles. The van der Waals surface area contributed by atoms with Gasteiger partial charge in [-0.05, 0) is 72.4 Å². The first-order valence-corrected chi connectivity index (χ1v) is 12.9. The molecule has 186 valence electrons. The Hall–Kier alpha value is -2.78. The van der Waals surface area contributed by atoms with Gasteiger partial charge in [0, 0.05) is 27.2 Å². The summed E-state index contributed by atoms with van der Waals surface area (Å²) < 4.78 is 0.836. The van der Waals surface area contributed by atoms with E-state index in [1.54, 1.807) is 36.4 Å². The first kappa shape index (κ1) is 26.8. The van der Waals surface area contributed by atoms with E-state index in [1.165, 1.54) is 6.42 Å². The average Bonchev–Trinajstić information content (AvgIpc) is 2.82. The second-order valence-electron chi connectivity index (χ2n) is 9.71. The molecule has 4 N–H and O–H groups in total. The van der Waals surface area contributed by atoms with Crippen molar-refractivity contribution in [1.29, 1.82) is 0 Å². The molecule has 0 saturated heterocycles. The molecule has 1 saturated carbocycles. The molecule has 3 rings (SSSR count). The summed E-state index contributed by atoms with van der Waals surface area (Å²) in [5, 5.41) is 5.44. The number of hydrazine groups is 1. The monoisotopic (exact) mass is 558 g/mol. The number of rotatable bonds is 4. The Morgan fingerprint density at radius 3 is 2.11 bits per heavy atom. The zero-order valence-corrected chi connectivity index (χ0v) is 22.6. The summed E-state index contributed by atoms with van der Waals surface area (Å²) in [6, 6.07) is 12.0. The highest BCUT2D eigenvalue weighted by Gasteiger charge is 2.21. The van der Waals surface area contributed by atoms with Crippen LogP contribution >= 0.6 is 28.1 Å². The van der Waals surface area contributed by atoms with Gasteiger partial charge >= 0.3 is 0 Å². The van der Waals surface area contributed by atoms with Crippen molar-refractivity contribution in [3.8, 4) is 0 Å². The minimum Gasteiger partial charge on any atom is -0.326 e. The second kappa shape index (κ2) is 11.8. The third-order valence-corrected chi connectivity index (χ3v) is 6.81. The number of anilines is 1. The van der Waals surface area contributed by atoms with Gasteiger partial charge in [-0.25, -0.2) is 0 Å². The Morgan fingerprint density at radius 1 is 0.886 bits per heavy atom. The molecule has 0 aliphatic heterocycles. The van der Waals surface area contributed by atoms with Crippen molar-refractivity contribution < 1.29 is 14.4 Å². The largest absolute Gasteiger partial charge is 0.326 e. The van der Waals surface area contributed by atoms with Gasteiger partial charge in [-0.1, -0.05) is 62.0 Å². The van der Waals surface area contributed by atoms with Crippen LogP contribution in [0.4, 0.5) is 5.69 Å². The molecule has 0 radical (unpaired) electrons. The molecule has 0 heterocycles. The standard InChI is InChI=1S/C26H31BrN4O3S/c1-26(2,3)20-14-11-18(15-21(20)27)23(33)29-25(35)31-30-24(34)17-9-12-19(13-10-17)28-22(32)16-7-5-4-6-8-16/h9-16H,4-8H2,1-3H3,(H,28,32)(H,30,34)(H2,29,31,33,35). The van der Waals surface area contributed by atoms with Crippen LogP contribution in [0.5, 0.6) is 0 Å². The lowest BCUT2D eigenvalue weighted by Gasteiger charge is -2.21. The highest BCUT2D eigenvalue weighted by Crippen LogP contribution is 2.30. The maximum absolute atomic E-state index is 12.5. The van der Waals surface area contributed by atoms with Crippen LogP contribution in [0, 0.1) is 5.92 Å². The van der Waals surface area contributed by atoms with E-state index in [2.05, 4.69) is 58.2 Å². The predicted octanol–water partition coefficient (Wildman–Crippen LogP) is 5.21. The van der Waals surface area contributed by atoms with E-state index in [0.717, 1.165) is 35.7 Å². The van der Waals surface area contributed by atoms with Crippen LogP contribution in [0.1, 0.15) is 79.2 Å². The number of carbonyl (C=O) groups is 3. The Bertz CT molecular complexity index is 1110. The van der Waals surface area contributed by atoms with Crippen LogP contribution in [0.15, 0.2) is 46.9 Å². The fourth-order valence-electron chi connectivity index (χ4n) is 3.97. The molecule has 1 aliphatic rings. The van der Waals surface area contributed by atoms with Gasteiger partial charge in [0.25, 0.3) is 11.8 Å². The van der Waals surface area contributed by atoms with E-state index in [-0.39, 0.29) is 22.4 Å². The van der Waals surface area contributed by atoms with Crippen molar-refractivity contribution in [2.45, 2.75) is 58.3 Å². The number of amides is 3.